The van der Waals surface area contributed by atoms with Gasteiger partial charge in [0.1, 0.15) is 12.1 Å². The van der Waals surface area contributed by atoms with E-state index in [9.17, 15) is 27.9 Å². The molecular weight excluding hydrogens is 315 g/mol. The van der Waals surface area contributed by atoms with Crippen molar-refractivity contribution >= 4 is 11.9 Å². The summed E-state index contributed by atoms with van der Waals surface area (Å²) < 4.78 is 38.3. The fourth-order valence-electron chi connectivity index (χ4n) is 2.71. The molecule has 6 nitrogen and oxygen atoms in total. The zero-order chi connectivity index (χ0) is 17.4. The Morgan fingerprint density at radius 2 is 1.96 bits per heavy atom. The summed E-state index contributed by atoms with van der Waals surface area (Å²) in [5.74, 6) is -1.61. The SMILES string of the molecule is Cc1nn(CC(F)(F)F)c(C)c1CC(=O)NC1(C(=O)O)CCC1. The highest BCUT2D eigenvalue weighted by atomic mass is 19.4. The first kappa shape index (κ1) is 17.3. The van der Waals surface area contributed by atoms with Gasteiger partial charge in [-0.25, -0.2) is 4.79 Å². The Kier molecular flexibility index (Phi) is 4.41. The minimum absolute atomic E-state index is 0.190. The molecule has 0 radical (unpaired) electrons. The van der Waals surface area contributed by atoms with Gasteiger partial charge in [-0.05, 0) is 33.1 Å². The minimum atomic E-state index is -4.40. The molecule has 0 aromatic carbocycles. The van der Waals surface area contributed by atoms with Crippen molar-refractivity contribution in [3.63, 3.8) is 0 Å². The second-order valence-electron chi connectivity index (χ2n) is 5.89. The van der Waals surface area contributed by atoms with Crippen LogP contribution in [0.2, 0.25) is 0 Å². The Hall–Kier alpha value is -2.06. The number of carboxylic acids is 1. The lowest BCUT2D eigenvalue weighted by molar-refractivity contribution is -0.151. The molecule has 1 fully saturated rings. The summed E-state index contributed by atoms with van der Waals surface area (Å²) >= 11 is 0. The largest absolute Gasteiger partial charge is 0.480 e. The van der Waals surface area contributed by atoms with Gasteiger partial charge in [0.2, 0.25) is 5.91 Å². The Bertz CT molecular complexity index is 633. The van der Waals surface area contributed by atoms with Gasteiger partial charge in [0.25, 0.3) is 0 Å². The van der Waals surface area contributed by atoms with Crippen LogP contribution in [0.1, 0.15) is 36.2 Å². The van der Waals surface area contributed by atoms with Crippen LogP contribution >= 0.6 is 0 Å². The third-order valence-corrected chi connectivity index (χ3v) is 4.19. The van der Waals surface area contributed by atoms with Crippen LogP contribution in [0.15, 0.2) is 0 Å². The Morgan fingerprint density at radius 1 is 1.35 bits per heavy atom. The van der Waals surface area contributed by atoms with Crippen molar-refractivity contribution in [2.75, 3.05) is 0 Å². The van der Waals surface area contributed by atoms with Gasteiger partial charge in [-0.2, -0.15) is 18.3 Å². The van der Waals surface area contributed by atoms with Crippen LogP contribution in [0.25, 0.3) is 0 Å². The Balaban J connectivity index is 2.11. The van der Waals surface area contributed by atoms with Crippen LogP contribution in [-0.2, 0) is 22.6 Å². The van der Waals surface area contributed by atoms with Crippen molar-refractivity contribution in [1.29, 1.82) is 0 Å². The average molecular weight is 333 g/mol. The zero-order valence-corrected chi connectivity index (χ0v) is 12.8. The maximum atomic E-state index is 12.5. The van der Waals surface area contributed by atoms with Crippen LogP contribution in [0.5, 0.6) is 0 Å². The molecule has 9 heteroatoms. The second-order valence-corrected chi connectivity index (χ2v) is 5.89. The van der Waals surface area contributed by atoms with E-state index in [1.807, 2.05) is 0 Å². The number of aliphatic carboxylic acids is 1. The number of rotatable bonds is 5. The maximum Gasteiger partial charge on any atom is 0.408 e. The van der Waals surface area contributed by atoms with Gasteiger partial charge in [0, 0.05) is 11.3 Å². The van der Waals surface area contributed by atoms with Crippen molar-refractivity contribution in [3.8, 4) is 0 Å². The highest BCUT2D eigenvalue weighted by Gasteiger charge is 2.45. The molecule has 1 aromatic rings. The van der Waals surface area contributed by atoms with E-state index < -0.39 is 30.1 Å². The maximum absolute atomic E-state index is 12.5. The topological polar surface area (TPSA) is 84.2 Å². The third kappa shape index (κ3) is 3.65. The van der Waals surface area contributed by atoms with E-state index in [0.717, 1.165) is 4.68 Å². The molecule has 0 saturated heterocycles. The summed E-state index contributed by atoms with van der Waals surface area (Å²) in [6.45, 7) is 1.77. The molecule has 0 atom stereocenters. The molecule has 1 aliphatic carbocycles. The number of nitrogens with one attached hydrogen (secondary N) is 1. The quantitative estimate of drug-likeness (QED) is 0.859. The van der Waals surface area contributed by atoms with Gasteiger partial charge >= 0.3 is 12.1 Å². The zero-order valence-electron chi connectivity index (χ0n) is 12.8. The van der Waals surface area contributed by atoms with E-state index in [0.29, 0.717) is 30.5 Å². The summed E-state index contributed by atoms with van der Waals surface area (Å²) in [7, 11) is 0. The molecule has 1 amide bonds. The number of carboxylic acid groups (broad SMARTS) is 1. The standard InChI is InChI=1S/C14H18F3N3O3/c1-8-10(9(2)20(19-8)7-14(15,16)17)6-11(21)18-13(12(22)23)4-3-5-13/h3-7H2,1-2H3,(H,18,21)(H,22,23). The molecule has 23 heavy (non-hydrogen) atoms. The fourth-order valence-corrected chi connectivity index (χ4v) is 2.71. The first-order valence-corrected chi connectivity index (χ1v) is 7.18. The van der Waals surface area contributed by atoms with Crippen molar-refractivity contribution in [1.82, 2.24) is 15.1 Å². The number of hydrogen-bond acceptors (Lipinski definition) is 3. The summed E-state index contributed by atoms with van der Waals surface area (Å²) in [5, 5.41) is 15.5. The van der Waals surface area contributed by atoms with Crippen LogP contribution in [0, 0.1) is 13.8 Å². The van der Waals surface area contributed by atoms with E-state index in [-0.39, 0.29) is 12.1 Å². The molecule has 0 unspecified atom stereocenters. The Labute approximate surface area is 130 Å². The molecular formula is C14H18F3N3O3. The number of halogens is 3. The summed E-state index contributed by atoms with van der Waals surface area (Å²) in [6.07, 6.45) is -3.15. The Morgan fingerprint density at radius 3 is 2.39 bits per heavy atom. The molecule has 1 saturated carbocycles. The third-order valence-electron chi connectivity index (χ3n) is 4.19. The number of hydrogen-bond donors (Lipinski definition) is 2. The number of aromatic nitrogens is 2. The van der Waals surface area contributed by atoms with Gasteiger partial charge < -0.3 is 10.4 Å². The van der Waals surface area contributed by atoms with Crippen molar-refractivity contribution in [2.45, 2.75) is 57.8 Å². The first-order chi connectivity index (χ1) is 10.5. The highest BCUT2D eigenvalue weighted by Crippen LogP contribution is 2.32. The highest BCUT2D eigenvalue weighted by molar-refractivity contribution is 5.88. The molecule has 1 heterocycles. The number of amides is 1. The second kappa shape index (κ2) is 5.86. The molecule has 0 bridgehead atoms. The lowest BCUT2D eigenvalue weighted by Crippen LogP contribution is -2.59. The molecule has 2 rings (SSSR count). The molecule has 128 valence electrons. The molecule has 0 aliphatic heterocycles. The summed E-state index contributed by atoms with van der Waals surface area (Å²) in [4.78, 5) is 23.3. The van der Waals surface area contributed by atoms with Crippen LogP contribution in [0.4, 0.5) is 13.2 Å². The van der Waals surface area contributed by atoms with Crippen LogP contribution in [0.3, 0.4) is 0 Å². The lowest BCUT2D eigenvalue weighted by atomic mass is 9.76. The van der Waals surface area contributed by atoms with Gasteiger partial charge in [-0.1, -0.05) is 0 Å². The number of aryl methyl sites for hydroxylation is 1. The predicted octanol–water partition coefficient (Wildman–Crippen LogP) is 1.73. The molecule has 1 aromatic heterocycles. The van der Waals surface area contributed by atoms with E-state index in [4.69, 9.17) is 0 Å². The van der Waals surface area contributed by atoms with Gasteiger partial charge in [-0.15, -0.1) is 0 Å². The number of carbonyl (C=O) groups is 2. The van der Waals surface area contributed by atoms with Crippen molar-refractivity contribution < 1.29 is 27.9 Å². The summed E-state index contributed by atoms with van der Waals surface area (Å²) in [6, 6.07) is 0. The van der Waals surface area contributed by atoms with E-state index in [1.165, 1.54) is 13.8 Å². The van der Waals surface area contributed by atoms with E-state index >= 15 is 0 Å². The van der Waals surface area contributed by atoms with Gasteiger partial charge in [0.05, 0.1) is 12.1 Å². The molecule has 0 spiro atoms. The first-order valence-electron chi connectivity index (χ1n) is 7.18. The van der Waals surface area contributed by atoms with E-state index in [1.54, 1.807) is 0 Å². The number of alkyl halides is 3. The molecule has 2 N–H and O–H groups in total. The normalized spacial score (nSPS) is 16.7. The smallest absolute Gasteiger partial charge is 0.408 e. The number of nitrogens with zero attached hydrogens (tertiary/aromatic N) is 2. The van der Waals surface area contributed by atoms with E-state index in [2.05, 4.69) is 10.4 Å². The monoisotopic (exact) mass is 333 g/mol. The predicted molar refractivity (Wildman–Crippen MR) is 73.8 cm³/mol. The molecule has 1 aliphatic rings. The minimum Gasteiger partial charge on any atom is -0.480 e. The van der Waals surface area contributed by atoms with Gasteiger partial charge in [-0.3, -0.25) is 9.48 Å². The van der Waals surface area contributed by atoms with Crippen molar-refractivity contribution in [3.05, 3.63) is 17.0 Å². The van der Waals surface area contributed by atoms with Crippen LogP contribution < -0.4 is 5.32 Å². The lowest BCUT2D eigenvalue weighted by Gasteiger charge is -2.38. The van der Waals surface area contributed by atoms with Gasteiger partial charge in [0.15, 0.2) is 0 Å². The summed E-state index contributed by atoms with van der Waals surface area (Å²) in [5.41, 5.74) is -0.250. The number of carbonyl (C=O) groups excluding carboxylic acids is 1. The average Bonchev–Trinajstić information content (AvgIpc) is 2.59. The fraction of sp³-hybridized carbons (Fsp3) is 0.643. The van der Waals surface area contributed by atoms with Crippen molar-refractivity contribution in [2.24, 2.45) is 0 Å². The van der Waals surface area contributed by atoms with Crippen LogP contribution in [-0.4, -0.2) is 38.5 Å².